The van der Waals surface area contributed by atoms with E-state index in [0.29, 0.717) is 37.4 Å². The fourth-order valence-electron chi connectivity index (χ4n) is 7.92. The SMILES string of the molecule is CC(=O)N1CCC[C@H]1C(=O)N[C@@H](CC(C)C)C(=O)N[C@@H](Cc1cncn1CCCCCCCCc1ccccc1)C(=O)N[C@@H](CO)C(=O)N[C@H](C(N)=O)[C@@H](C)OP(=O)(O)OCCc1ccco1. The third kappa shape index (κ3) is 18.3. The number of carbonyl (C=O) groups excluding carboxylic acids is 6. The normalized spacial score (nSPS) is 16.9. The van der Waals surface area contributed by atoms with E-state index >= 15 is 0 Å². The topological polar surface area (TPSA) is 287 Å². The number of phosphoric acid groups is 1. The van der Waals surface area contributed by atoms with Crippen molar-refractivity contribution in [1.29, 1.82) is 0 Å². The van der Waals surface area contributed by atoms with Gasteiger partial charge in [-0.25, -0.2) is 9.55 Å². The maximum absolute atomic E-state index is 14.2. The molecule has 0 aliphatic carbocycles. The molecule has 67 heavy (non-hydrogen) atoms. The Labute approximate surface area is 392 Å². The van der Waals surface area contributed by atoms with E-state index in [9.17, 15) is 43.3 Å². The number of nitrogens with one attached hydrogen (secondary N) is 4. The molecule has 0 saturated carbocycles. The van der Waals surface area contributed by atoms with Gasteiger partial charge in [0.25, 0.3) is 0 Å². The Bertz CT molecular complexity index is 2080. The lowest BCUT2D eigenvalue weighted by molar-refractivity contribution is -0.139. The van der Waals surface area contributed by atoms with Gasteiger partial charge >= 0.3 is 7.82 Å². The van der Waals surface area contributed by atoms with Gasteiger partial charge in [-0.3, -0.25) is 37.8 Å². The minimum absolute atomic E-state index is 0.0822. The molecule has 21 heteroatoms. The number of nitrogens with two attached hydrogens (primary N) is 1. The number of furan rings is 1. The molecule has 1 aliphatic heterocycles. The van der Waals surface area contributed by atoms with Crippen LogP contribution in [0.15, 0.2) is 65.7 Å². The standard InChI is InChI=1S/C46H69N8O12P/c1-31(2)26-37(50-46(61)40-20-14-23-54(40)33(4)56)43(58)49-38(27-35-28-48-30-53(35)22-13-8-6-5-7-10-16-34-17-11-9-12-18-34)44(59)51-39(29-55)45(60)52-41(42(47)57)32(3)66-67(62,63)65-25-21-36-19-15-24-64-36/h9,11-12,15,17-19,24,28,30-32,37-41,55H,5-8,10,13-14,16,20-23,25-27,29H2,1-4H3,(H2,47,57)(H,49,58)(H,50,61)(H,51,59)(H,52,60)(H,62,63)/t32-,37+,38+,39+,40+,41+/m1/s1. The number of rotatable bonds is 30. The highest BCUT2D eigenvalue weighted by Crippen LogP contribution is 2.45. The van der Waals surface area contributed by atoms with Crippen molar-refractivity contribution < 1.29 is 56.8 Å². The Hall–Kier alpha value is -5.40. The molecule has 3 heterocycles. The lowest BCUT2D eigenvalue weighted by Crippen LogP contribution is -2.61. The summed E-state index contributed by atoms with van der Waals surface area (Å²) in [5.41, 5.74) is 7.45. The number of unbranched alkanes of at least 4 members (excludes halogenated alkanes) is 5. The molecule has 1 fully saturated rings. The van der Waals surface area contributed by atoms with E-state index in [1.54, 1.807) is 24.7 Å². The number of amides is 6. The minimum atomic E-state index is -4.79. The van der Waals surface area contributed by atoms with E-state index in [4.69, 9.17) is 19.2 Å². The van der Waals surface area contributed by atoms with E-state index in [-0.39, 0.29) is 37.7 Å². The van der Waals surface area contributed by atoms with E-state index < -0.39 is 80.3 Å². The minimum Gasteiger partial charge on any atom is -0.469 e. The average Bonchev–Trinajstić information content (AvgIpc) is 4.08. The summed E-state index contributed by atoms with van der Waals surface area (Å²) in [4.78, 5) is 96.2. The van der Waals surface area contributed by atoms with Crippen molar-refractivity contribution in [2.75, 3.05) is 19.8 Å². The van der Waals surface area contributed by atoms with E-state index in [2.05, 4.69) is 38.4 Å². The summed E-state index contributed by atoms with van der Waals surface area (Å²) in [6, 6.07) is 6.96. The molecule has 3 aromatic rings. The number of primary amides is 1. The average molecular weight is 957 g/mol. The summed E-state index contributed by atoms with van der Waals surface area (Å²) in [5.74, 6) is -4.23. The number of benzene rings is 1. The molecule has 20 nitrogen and oxygen atoms in total. The summed E-state index contributed by atoms with van der Waals surface area (Å²) in [6.45, 7) is 6.03. The molecule has 0 bridgehead atoms. The molecule has 1 saturated heterocycles. The molecule has 0 spiro atoms. The van der Waals surface area contributed by atoms with Crippen LogP contribution < -0.4 is 27.0 Å². The van der Waals surface area contributed by atoms with Crippen LogP contribution in [0.1, 0.15) is 102 Å². The van der Waals surface area contributed by atoms with Gasteiger partial charge in [-0.05, 0) is 69.1 Å². The highest BCUT2D eigenvalue weighted by molar-refractivity contribution is 7.47. The van der Waals surface area contributed by atoms with E-state index in [0.717, 1.165) is 44.9 Å². The zero-order valence-corrected chi connectivity index (χ0v) is 39.9. The molecule has 1 aromatic carbocycles. The number of aliphatic hydroxyl groups is 1. The molecule has 7 atom stereocenters. The third-order valence-electron chi connectivity index (χ3n) is 11.5. The van der Waals surface area contributed by atoms with Gasteiger partial charge in [0.1, 0.15) is 36.0 Å². The largest absolute Gasteiger partial charge is 0.472 e. The van der Waals surface area contributed by atoms with Gasteiger partial charge in [0.2, 0.25) is 35.4 Å². The number of carbonyl (C=O) groups is 6. The molecule has 1 aliphatic rings. The molecule has 370 valence electrons. The van der Waals surface area contributed by atoms with Crippen LogP contribution in [-0.2, 0) is 68.2 Å². The number of aliphatic hydroxyl groups excluding tert-OH is 1. The van der Waals surface area contributed by atoms with Crippen molar-refractivity contribution in [1.82, 2.24) is 35.7 Å². The van der Waals surface area contributed by atoms with E-state index in [1.165, 1.54) is 30.6 Å². The van der Waals surface area contributed by atoms with Crippen molar-refractivity contribution in [3.63, 3.8) is 0 Å². The number of phosphoric ester groups is 1. The Morgan fingerprint density at radius 1 is 0.881 bits per heavy atom. The first-order chi connectivity index (χ1) is 32.0. The number of likely N-dealkylation sites (tertiary alicyclic amines) is 1. The summed E-state index contributed by atoms with van der Waals surface area (Å²) < 4.78 is 29.8. The van der Waals surface area contributed by atoms with Crippen LogP contribution in [0.3, 0.4) is 0 Å². The number of hydrogen-bond acceptors (Lipinski definition) is 12. The first-order valence-corrected chi connectivity index (χ1v) is 24.6. The number of imidazole rings is 1. The van der Waals surface area contributed by atoms with Crippen LogP contribution in [0.2, 0.25) is 0 Å². The Morgan fingerprint density at radius 3 is 2.21 bits per heavy atom. The van der Waals surface area contributed by atoms with E-state index in [1.807, 2.05) is 36.6 Å². The van der Waals surface area contributed by atoms with Crippen molar-refractivity contribution in [2.24, 2.45) is 11.7 Å². The van der Waals surface area contributed by atoms with Gasteiger partial charge in [-0.2, -0.15) is 0 Å². The van der Waals surface area contributed by atoms with Crippen LogP contribution in [0.4, 0.5) is 0 Å². The van der Waals surface area contributed by atoms with Crippen molar-refractivity contribution in [3.05, 3.63) is 78.3 Å². The first-order valence-electron chi connectivity index (χ1n) is 23.1. The zero-order valence-electron chi connectivity index (χ0n) is 39.0. The summed E-state index contributed by atoms with van der Waals surface area (Å²) in [7, 11) is -4.79. The maximum atomic E-state index is 14.2. The summed E-state index contributed by atoms with van der Waals surface area (Å²) in [6.07, 6.45) is 11.5. The Morgan fingerprint density at radius 2 is 1.55 bits per heavy atom. The van der Waals surface area contributed by atoms with Gasteiger partial charge in [0.05, 0.1) is 31.9 Å². The second kappa shape index (κ2) is 27.4. The molecular formula is C46H69N8O12P. The highest BCUT2D eigenvalue weighted by atomic mass is 31.2. The third-order valence-corrected chi connectivity index (χ3v) is 12.6. The first kappa shape index (κ1) is 54.2. The van der Waals surface area contributed by atoms with Crippen molar-refractivity contribution >= 4 is 43.3 Å². The number of aromatic nitrogens is 2. The van der Waals surface area contributed by atoms with Gasteiger partial charge in [0.15, 0.2) is 0 Å². The van der Waals surface area contributed by atoms with Gasteiger partial charge in [-0.15, -0.1) is 0 Å². The zero-order chi connectivity index (χ0) is 48.9. The molecule has 8 N–H and O–H groups in total. The predicted octanol–water partition coefficient (Wildman–Crippen LogP) is 2.84. The smallest absolute Gasteiger partial charge is 0.469 e. The highest BCUT2D eigenvalue weighted by Gasteiger charge is 2.38. The molecule has 1 unspecified atom stereocenters. The van der Waals surface area contributed by atoms with Gasteiger partial charge in [0, 0.05) is 44.7 Å². The second-order valence-corrected chi connectivity index (χ2v) is 18.7. The molecule has 2 aromatic heterocycles. The van der Waals surface area contributed by atoms with Crippen LogP contribution in [0.25, 0.3) is 0 Å². The monoisotopic (exact) mass is 956 g/mol. The van der Waals surface area contributed by atoms with Crippen LogP contribution >= 0.6 is 7.82 Å². The fourth-order valence-corrected chi connectivity index (χ4v) is 8.84. The second-order valence-electron chi connectivity index (χ2n) is 17.3. The lowest BCUT2D eigenvalue weighted by Gasteiger charge is -2.28. The Balaban J connectivity index is 1.45. The number of nitrogens with zero attached hydrogens (tertiary/aromatic N) is 3. The number of aryl methyl sites for hydroxylation is 2. The van der Waals surface area contributed by atoms with Gasteiger partial charge in [-0.1, -0.05) is 69.9 Å². The predicted molar refractivity (Wildman–Crippen MR) is 246 cm³/mol. The van der Waals surface area contributed by atoms with Crippen LogP contribution in [0, 0.1) is 5.92 Å². The number of hydrogen-bond donors (Lipinski definition) is 7. The fraction of sp³-hybridized carbons (Fsp3) is 0.587. The van der Waals surface area contributed by atoms with Crippen molar-refractivity contribution in [2.45, 2.75) is 148 Å². The molecule has 0 radical (unpaired) electrons. The summed E-state index contributed by atoms with van der Waals surface area (Å²) in [5, 5.41) is 20.6. The summed E-state index contributed by atoms with van der Waals surface area (Å²) >= 11 is 0. The van der Waals surface area contributed by atoms with Gasteiger partial charge < -0.3 is 50.9 Å². The quantitative estimate of drug-likeness (QED) is 0.0374. The van der Waals surface area contributed by atoms with Crippen LogP contribution in [0.5, 0.6) is 0 Å². The van der Waals surface area contributed by atoms with Crippen LogP contribution in [-0.4, -0.2) is 116 Å². The molecule has 6 amide bonds. The van der Waals surface area contributed by atoms with Crippen molar-refractivity contribution in [3.8, 4) is 0 Å². The molecule has 4 rings (SSSR count). The lowest BCUT2D eigenvalue weighted by atomic mass is 10.0. The Kier molecular flexibility index (Phi) is 22.2. The molecular weight excluding hydrogens is 888 g/mol. The maximum Gasteiger partial charge on any atom is 0.472 e.